The highest BCUT2D eigenvalue weighted by Crippen LogP contribution is 2.40. The van der Waals surface area contributed by atoms with Crippen LogP contribution < -0.4 is 9.47 Å². The summed E-state index contributed by atoms with van der Waals surface area (Å²) in [5.41, 5.74) is 6.53. The van der Waals surface area contributed by atoms with E-state index in [0.717, 1.165) is 53.0 Å². The molecule has 2 aliphatic rings. The third kappa shape index (κ3) is 4.00. The molecule has 1 aliphatic heterocycles. The summed E-state index contributed by atoms with van der Waals surface area (Å²) in [5, 5.41) is 40.8. The Hall–Kier alpha value is -2.16. The second-order valence-electron chi connectivity index (χ2n) is 8.66. The van der Waals surface area contributed by atoms with Gasteiger partial charge in [0.05, 0.1) is 20.8 Å². The summed E-state index contributed by atoms with van der Waals surface area (Å²) in [6.45, 7) is 1.57. The molecule has 2 aromatic rings. The lowest BCUT2D eigenvalue weighted by molar-refractivity contribution is -0.231. The van der Waals surface area contributed by atoms with Crippen LogP contribution in [0.5, 0.6) is 11.5 Å². The molecule has 2 aromatic carbocycles. The molecule has 0 spiro atoms. The van der Waals surface area contributed by atoms with Crippen LogP contribution in [0.15, 0.2) is 24.3 Å². The average Bonchev–Trinajstić information content (AvgIpc) is 3.31. The predicted molar refractivity (Wildman–Crippen MR) is 118 cm³/mol. The molecule has 1 heterocycles. The molecule has 4 rings (SSSR count). The molecule has 174 valence electrons. The summed E-state index contributed by atoms with van der Waals surface area (Å²) >= 11 is 0. The van der Waals surface area contributed by atoms with Crippen LogP contribution in [0.1, 0.15) is 45.9 Å². The lowest BCUT2D eigenvalue weighted by Gasteiger charge is -2.41. The molecular formula is C25H32O7. The molecule has 0 bridgehead atoms. The van der Waals surface area contributed by atoms with E-state index in [0.29, 0.717) is 6.42 Å². The second-order valence-corrected chi connectivity index (χ2v) is 8.66. The average molecular weight is 445 g/mol. The molecule has 7 heteroatoms. The van der Waals surface area contributed by atoms with Gasteiger partial charge in [-0.3, -0.25) is 0 Å². The molecule has 1 fully saturated rings. The van der Waals surface area contributed by atoms with Gasteiger partial charge in [0.2, 0.25) is 0 Å². The van der Waals surface area contributed by atoms with Crippen LogP contribution in [0.4, 0.5) is 0 Å². The molecule has 0 radical (unpaired) electrons. The van der Waals surface area contributed by atoms with Crippen LogP contribution in [0.2, 0.25) is 0 Å². The maximum Gasteiger partial charge on any atom is 0.126 e. The standard InChI is InChI=1S/C25H32O7/c1-13-17-5-4-6-18(17)15(9-14-7-8-16(30-2)11-20(14)31-3)10-19(13)25-24(29)23(28)22(27)21(12-26)32-25/h7-8,10-11,21-29H,4-6,9,12H2,1-3H3/t21-,22-,23+,24-,25+/m1/s1. The summed E-state index contributed by atoms with van der Waals surface area (Å²) in [6, 6.07) is 7.80. The van der Waals surface area contributed by atoms with Crippen LogP contribution in [0.3, 0.4) is 0 Å². The number of fused-ring (bicyclic) bond motifs is 1. The van der Waals surface area contributed by atoms with E-state index in [9.17, 15) is 20.4 Å². The molecule has 0 unspecified atom stereocenters. The van der Waals surface area contributed by atoms with Crippen molar-refractivity contribution in [2.24, 2.45) is 0 Å². The topological polar surface area (TPSA) is 109 Å². The van der Waals surface area contributed by atoms with E-state index in [4.69, 9.17) is 14.2 Å². The van der Waals surface area contributed by atoms with Crippen LogP contribution in [0, 0.1) is 6.92 Å². The molecule has 32 heavy (non-hydrogen) atoms. The zero-order valence-electron chi connectivity index (χ0n) is 18.7. The minimum absolute atomic E-state index is 0.443. The van der Waals surface area contributed by atoms with E-state index in [2.05, 4.69) is 0 Å². The lowest BCUT2D eigenvalue weighted by Crippen LogP contribution is -2.55. The fourth-order valence-electron chi connectivity index (χ4n) is 5.08. The lowest BCUT2D eigenvalue weighted by atomic mass is 9.84. The van der Waals surface area contributed by atoms with Crippen LogP contribution >= 0.6 is 0 Å². The molecule has 0 aromatic heterocycles. The SMILES string of the molecule is COc1ccc(Cc2cc([C@@H]3O[C@H](CO)[C@@H](O)[C@H](O)[C@H]3O)c(C)c3c2CCC3)c(OC)c1. The molecule has 1 saturated heterocycles. The summed E-state index contributed by atoms with van der Waals surface area (Å²) < 4.78 is 16.8. The summed E-state index contributed by atoms with van der Waals surface area (Å²) in [7, 11) is 3.26. The van der Waals surface area contributed by atoms with Gasteiger partial charge in [-0.25, -0.2) is 0 Å². The third-order valence-electron chi connectivity index (χ3n) is 6.89. The number of ether oxygens (including phenoxy) is 3. The highest BCUT2D eigenvalue weighted by Gasteiger charge is 2.44. The van der Waals surface area contributed by atoms with Crippen molar-refractivity contribution in [3.8, 4) is 11.5 Å². The minimum atomic E-state index is -1.40. The molecule has 7 nitrogen and oxygen atoms in total. The van der Waals surface area contributed by atoms with Gasteiger partial charge in [-0.2, -0.15) is 0 Å². The van der Waals surface area contributed by atoms with E-state index in [1.54, 1.807) is 14.2 Å². The van der Waals surface area contributed by atoms with Crippen molar-refractivity contribution >= 4 is 0 Å². The number of hydrogen-bond donors (Lipinski definition) is 4. The first-order valence-corrected chi connectivity index (χ1v) is 11.0. The summed E-state index contributed by atoms with van der Waals surface area (Å²) in [6.07, 6.45) is -2.22. The molecule has 5 atom stereocenters. The first-order valence-electron chi connectivity index (χ1n) is 11.0. The first kappa shape index (κ1) is 23.0. The fraction of sp³-hybridized carbons (Fsp3) is 0.520. The van der Waals surface area contributed by atoms with Crippen LogP contribution in [0.25, 0.3) is 0 Å². The van der Waals surface area contributed by atoms with E-state index < -0.39 is 37.1 Å². The Morgan fingerprint density at radius 3 is 2.38 bits per heavy atom. The van der Waals surface area contributed by atoms with E-state index in [1.807, 2.05) is 31.2 Å². The molecule has 0 saturated carbocycles. The Balaban J connectivity index is 1.76. The second kappa shape index (κ2) is 9.37. The van der Waals surface area contributed by atoms with Crippen molar-refractivity contribution in [1.29, 1.82) is 0 Å². The highest BCUT2D eigenvalue weighted by atomic mass is 16.5. The maximum absolute atomic E-state index is 10.7. The normalized spacial score (nSPS) is 27.3. The number of hydrogen-bond acceptors (Lipinski definition) is 7. The summed E-state index contributed by atoms with van der Waals surface area (Å²) in [5.74, 6) is 1.47. The highest BCUT2D eigenvalue weighted by molar-refractivity contribution is 5.52. The third-order valence-corrected chi connectivity index (χ3v) is 6.89. The van der Waals surface area contributed by atoms with Crippen molar-refractivity contribution in [1.82, 2.24) is 0 Å². The Morgan fingerprint density at radius 1 is 0.938 bits per heavy atom. The Kier molecular flexibility index (Phi) is 6.74. The smallest absolute Gasteiger partial charge is 0.126 e. The van der Waals surface area contributed by atoms with Crippen molar-refractivity contribution in [2.75, 3.05) is 20.8 Å². The fourth-order valence-corrected chi connectivity index (χ4v) is 5.08. The Labute approximate surface area is 188 Å². The van der Waals surface area contributed by atoms with Gasteiger partial charge >= 0.3 is 0 Å². The molecular weight excluding hydrogens is 412 g/mol. The summed E-state index contributed by atoms with van der Waals surface area (Å²) in [4.78, 5) is 0. The molecule has 1 aliphatic carbocycles. The van der Waals surface area contributed by atoms with E-state index in [1.165, 1.54) is 11.1 Å². The van der Waals surface area contributed by atoms with Gasteiger partial charge in [0.1, 0.15) is 42.0 Å². The Morgan fingerprint density at radius 2 is 1.69 bits per heavy atom. The minimum Gasteiger partial charge on any atom is -0.497 e. The zero-order chi connectivity index (χ0) is 23.0. The predicted octanol–water partition coefficient (Wildman–Crippen LogP) is 1.61. The first-order chi connectivity index (χ1) is 15.4. The van der Waals surface area contributed by atoms with Crippen molar-refractivity contribution in [2.45, 2.75) is 63.1 Å². The van der Waals surface area contributed by atoms with Gasteiger partial charge in [0.25, 0.3) is 0 Å². The van der Waals surface area contributed by atoms with Gasteiger partial charge in [-0.15, -0.1) is 0 Å². The number of aliphatic hydroxyl groups is 4. The van der Waals surface area contributed by atoms with Gasteiger partial charge in [0, 0.05) is 12.5 Å². The maximum atomic E-state index is 10.7. The van der Waals surface area contributed by atoms with Crippen LogP contribution in [-0.4, -0.2) is 65.7 Å². The number of aliphatic hydroxyl groups excluding tert-OH is 4. The monoisotopic (exact) mass is 444 g/mol. The van der Waals surface area contributed by atoms with Gasteiger partial charge < -0.3 is 34.6 Å². The Bertz CT molecular complexity index is 971. The number of rotatable bonds is 6. The van der Waals surface area contributed by atoms with Crippen molar-refractivity contribution in [3.63, 3.8) is 0 Å². The van der Waals surface area contributed by atoms with Gasteiger partial charge in [0.15, 0.2) is 0 Å². The van der Waals surface area contributed by atoms with E-state index in [-0.39, 0.29) is 0 Å². The largest absolute Gasteiger partial charge is 0.497 e. The van der Waals surface area contributed by atoms with Crippen molar-refractivity contribution < 1.29 is 34.6 Å². The number of methoxy groups -OCH3 is 2. The molecule has 4 N–H and O–H groups in total. The van der Waals surface area contributed by atoms with E-state index >= 15 is 0 Å². The quantitative estimate of drug-likeness (QED) is 0.536. The van der Waals surface area contributed by atoms with Gasteiger partial charge in [-0.1, -0.05) is 12.1 Å². The van der Waals surface area contributed by atoms with Crippen LogP contribution in [-0.2, 0) is 24.0 Å². The molecule has 0 amide bonds. The zero-order valence-corrected chi connectivity index (χ0v) is 18.7. The van der Waals surface area contributed by atoms with Crippen molar-refractivity contribution in [3.05, 3.63) is 57.6 Å². The number of benzene rings is 2. The van der Waals surface area contributed by atoms with Gasteiger partial charge in [-0.05, 0) is 65.6 Å².